The molecule has 22 heavy (non-hydrogen) atoms. The second-order valence-electron chi connectivity index (χ2n) is 6.54. The van der Waals surface area contributed by atoms with E-state index in [0.717, 1.165) is 18.7 Å². The van der Waals surface area contributed by atoms with E-state index >= 15 is 0 Å². The van der Waals surface area contributed by atoms with Gasteiger partial charge in [-0.1, -0.05) is 13.8 Å². The van der Waals surface area contributed by atoms with E-state index in [1.165, 1.54) is 0 Å². The van der Waals surface area contributed by atoms with Gasteiger partial charge in [-0.05, 0) is 25.2 Å². The predicted octanol–water partition coefficient (Wildman–Crippen LogP) is 1.34. The molecule has 1 N–H and O–H groups in total. The summed E-state index contributed by atoms with van der Waals surface area (Å²) in [5.41, 5.74) is 0.466. The Hall–Kier alpha value is -1.98. The Labute approximate surface area is 130 Å². The summed E-state index contributed by atoms with van der Waals surface area (Å²) in [7, 11) is 0. The van der Waals surface area contributed by atoms with Crippen molar-refractivity contribution in [3.8, 4) is 0 Å². The minimum absolute atomic E-state index is 0.0659. The molecule has 0 unspecified atom stereocenters. The molecule has 0 bridgehead atoms. The molecule has 2 aliphatic rings. The maximum absolute atomic E-state index is 12.7. The molecule has 0 aromatic carbocycles. The molecule has 2 heterocycles. The van der Waals surface area contributed by atoms with Gasteiger partial charge < -0.3 is 10.2 Å². The summed E-state index contributed by atoms with van der Waals surface area (Å²) >= 11 is 0. The second kappa shape index (κ2) is 6.02. The molecule has 1 aliphatic heterocycles. The summed E-state index contributed by atoms with van der Waals surface area (Å²) in [6.07, 6.45) is 6.13. The van der Waals surface area contributed by atoms with Gasteiger partial charge in [0.1, 0.15) is 11.9 Å². The molecular formula is C16H22N4O2. The number of piperazine rings is 1. The van der Waals surface area contributed by atoms with Crippen LogP contribution >= 0.6 is 0 Å². The molecule has 3 rings (SSSR count). The van der Waals surface area contributed by atoms with Crippen LogP contribution in [0.25, 0.3) is 0 Å². The first kappa shape index (κ1) is 14.9. The molecule has 1 saturated carbocycles. The van der Waals surface area contributed by atoms with Gasteiger partial charge >= 0.3 is 0 Å². The quantitative estimate of drug-likeness (QED) is 0.910. The van der Waals surface area contributed by atoms with Crippen LogP contribution in [-0.4, -0.2) is 45.8 Å². The number of nitrogens with one attached hydrogen (secondary N) is 1. The van der Waals surface area contributed by atoms with Gasteiger partial charge in [0.2, 0.25) is 5.91 Å². The number of carbonyl (C=O) groups excluding carboxylic acids is 2. The maximum Gasteiger partial charge on any atom is 0.257 e. The van der Waals surface area contributed by atoms with Crippen LogP contribution in [0.3, 0.4) is 0 Å². The number of carbonyl (C=O) groups is 2. The van der Waals surface area contributed by atoms with E-state index < -0.39 is 6.04 Å². The highest BCUT2D eigenvalue weighted by molar-refractivity contribution is 5.97. The molecule has 2 fully saturated rings. The van der Waals surface area contributed by atoms with Crippen molar-refractivity contribution in [3.63, 3.8) is 0 Å². The fourth-order valence-electron chi connectivity index (χ4n) is 2.81. The number of hydrogen-bond acceptors (Lipinski definition) is 4. The lowest BCUT2D eigenvalue weighted by molar-refractivity contribution is -0.128. The largest absolute Gasteiger partial charge is 0.353 e. The molecular weight excluding hydrogens is 280 g/mol. The van der Waals surface area contributed by atoms with Gasteiger partial charge in [-0.3, -0.25) is 9.59 Å². The van der Waals surface area contributed by atoms with Crippen molar-refractivity contribution in [3.05, 3.63) is 23.8 Å². The Morgan fingerprint density at radius 3 is 2.64 bits per heavy atom. The van der Waals surface area contributed by atoms with E-state index in [1.54, 1.807) is 17.3 Å². The van der Waals surface area contributed by atoms with E-state index in [-0.39, 0.29) is 11.8 Å². The number of rotatable bonds is 4. The zero-order chi connectivity index (χ0) is 15.7. The Kier molecular flexibility index (Phi) is 4.09. The summed E-state index contributed by atoms with van der Waals surface area (Å²) in [6.45, 7) is 5.14. The smallest absolute Gasteiger partial charge is 0.257 e. The Morgan fingerprint density at radius 2 is 2.05 bits per heavy atom. The summed E-state index contributed by atoms with van der Waals surface area (Å²) in [6, 6.07) is -0.399. The molecule has 1 aromatic heterocycles. The van der Waals surface area contributed by atoms with Crippen molar-refractivity contribution in [2.45, 2.75) is 45.1 Å². The van der Waals surface area contributed by atoms with Gasteiger partial charge in [0.05, 0.1) is 5.56 Å². The molecule has 1 aromatic rings. The Morgan fingerprint density at radius 1 is 1.36 bits per heavy atom. The van der Waals surface area contributed by atoms with Gasteiger partial charge in [0.15, 0.2) is 0 Å². The first-order chi connectivity index (χ1) is 10.6. The van der Waals surface area contributed by atoms with E-state index in [0.29, 0.717) is 36.9 Å². The lowest BCUT2D eigenvalue weighted by Crippen LogP contribution is -2.57. The van der Waals surface area contributed by atoms with Crippen molar-refractivity contribution in [2.75, 3.05) is 13.1 Å². The van der Waals surface area contributed by atoms with E-state index in [4.69, 9.17) is 0 Å². The molecule has 0 radical (unpaired) electrons. The number of amides is 2. The number of aromatic nitrogens is 2. The molecule has 118 valence electrons. The third-order valence-electron chi connectivity index (χ3n) is 4.15. The van der Waals surface area contributed by atoms with Crippen molar-refractivity contribution >= 4 is 11.8 Å². The average Bonchev–Trinajstić information content (AvgIpc) is 3.33. The summed E-state index contributed by atoms with van der Waals surface area (Å²) in [4.78, 5) is 35.1. The van der Waals surface area contributed by atoms with E-state index in [9.17, 15) is 9.59 Å². The van der Waals surface area contributed by atoms with Crippen molar-refractivity contribution in [1.29, 1.82) is 0 Å². The molecule has 1 aliphatic carbocycles. The van der Waals surface area contributed by atoms with Crippen LogP contribution in [0.15, 0.2) is 12.4 Å². The zero-order valence-electron chi connectivity index (χ0n) is 13.1. The van der Waals surface area contributed by atoms with Crippen LogP contribution in [0.2, 0.25) is 0 Å². The van der Waals surface area contributed by atoms with Gasteiger partial charge in [0.25, 0.3) is 5.91 Å². The first-order valence-electron chi connectivity index (χ1n) is 7.97. The molecule has 0 spiro atoms. The lowest BCUT2D eigenvalue weighted by atomic mass is 9.99. The SMILES string of the molecule is CC(C)C[C@@H]1C(=O)NCCN1C(=O)c1cnc(C2CC2)nc1. The molecule has 2 amide bonds. The van der Waals surface area contributed by atoms with Crippen LogP contribution in [0.1, 0.15) is 55.2 Å². The van der Waals surface area contributed by atoms with Crippen LogP contribution < -0.4 is 5.32 Å². The number of hydrogen-bond donors (Lipinski definition) is 1. The highest BCUT2D eigenvalue weighted by Gasteiger charge is 2.34. The fraction of sp³-hybridized carbons (Fsp3) is 0.625. The first-order valence-corrected chi connectivity index (χ1v) is 7.97. The highest BCUT2D eigenvalue weighted by atomic mass is 16.2. The van der Waals surface area contributed by atoms with Gasteiger partial charge in [-0.15, -0.1) is 0 Å². The van der Waals surface area contributed by atoms with E-state index in [1.807, 2.05) is 0 Å². The molecule has 1 atom stereocenters. The van der Waals surface area contributed by atoms with Gasteiger partial charge in [-0.2, -0.15) is 0 Å². The second-order valence-corrected chi connectivity index (χ2v) is 6.54. The van der Waals surface area contributed by atoms with Crippen LogP contribution in [0.4, 0.5) is 0 Å². The Balaban J connectivity index is 1.77. The standard InChI is InChI=1S/C16H22N4O2/c1-10(2)7-13-15(21)17-5-6-20(13)16(22)12-8-18-14(19-9-12)11-3-4-11/h8-11,13H,3-7H2,1-2H3,(H,17,21)/t13-/m1/s1. The van der Waals surface area contributed by atoms with Crippen LogP contribution in [-0.2, 0) is 4.79 Å². The molecule has 6 nitrogen and oxygen atoms in total. The lowest BCUT2D eigenvalue weighted by Gasteiger charge is -2.35. The fourth-order valence-corrected chi connectivity index (χ4v) is 2.81. The summed E-state index contributed by atoms with van der Waals surface area (Å²) in [5, 5.41) is 2.84. The third-order valence-corrected chi connectivity index (χ3v) is 4.15. The summed E-state index contributed by atoms with van der Waals surface area (Å²) in [5.74, 6) is 1.43. The Bertz CT molecular complexity index is 566. The van der Waals surface area contributed by atoms with Crippen molar-refractivity contribution in [1.82, 2.24) is 20.2 Å². The molecule has 6 heteroatoms. The maximum atomic E-state index is 12.7. The normalized spacial score (nSPS) is 21.9. The van der Waals surface area contributed by atoms with E-state index in [2.05, 4.69) is 29.1 Å². The minimum Gasteiger partial charge on any atom is -0.353 e. The number of nitrogens with zero attached hydrogens (tertiary/aromatic N) is 3. The predicted molar refractivity (Wildman–Crippen MR) is 81.3 cm³/mol. The van der Waals surface area contributed by atoms with Gasteiger partial charge in [-0.25, -0.2) is 9.97 Å². The average molecular weight is 302 g/mol. The summed E-state index contributed by atoms with van der Waals surface area (Å²) < 4.78 is 0. The van der Waals surface area contributed by atoms with Gasteiger partial charge in [0, 0.05) is 31.4 Å². The van der Waals surface area contributed by atoms with Crippen LogP contribution in [0, 0.1) is 5.92 Å². The van der Waals surface area contributed by atoms with Crippen molar-refractivity contribution < 1.29 is 9.59 Å². The highest BCUT2D eigenvalue weighted by Crippen LogP contribution is 2.37. The monoisotopic (exact) mass is 302 g/mol. The minimum atomic E-state index is -0.399. The zero-order valence-corrected chi connectivity index (χ0v) is 13.1. The molecule has 1 saturated heterocycles. The van der Waals surface area contributed by atoms with Crippen molar-refractivity contribution in [2.24, 2.45) is 5.92 Å². The topological polar surface area (TPSA) is 75.2 Å². The third kappa shape index (κ3) is 3.10. The van der Waals surface area contributed by atoms with Crippen LogP contribution in [0.5, 0.6) is 0 Å².